The van der Waals surface area contributed by atoms with Crippen molar-refractivity contribution in [1.29, 1.82) is 0 Å². The van der Waals surface area contributed by atoms with E-state index < -0.39 is 0 Å². The summed E-state index contributed by atoms with van der Waals surface area (Å²) in [7, 11) is 0. The smallest absolute Gasteiger partial charge is 0.361 e. The number of tetrazole rings is 1. The van der Waals surface area contributed by atoms with Gasteiger partial charge in [0.05, 0.1) is 12.3 Å². The molecule has 0 spiro atoms. The van der Waals surface area contributed by atoms with E-state index in [0.29, 0.717) is 19.6 Å². The summed E-state index contributed by atoms with van der Waals surface area (Å²) in [6.45, 7) is 4.60. The lowest BCUT2D eigenvalue weighted by Gasteiger charge is -2.01. The maximum absolute atomic E-state index is 11.0. The summed E-state index contributed by atoms with van der Waals surface area (Å²) in [6.07, 6.45) is 0.708. The Bertz CT molecular complexity index is 353. The number of oxime groups is 1. The molecule has 0 aliphatic rings. The average Bonchev–Trinajstić information content (AvgIpc) is 2.59. The molecule has 0 saturated heterocycles. The van der Waals surface area contributed by atoms with Gasteiger partial charge in [-0.25, -0.2) is 9.89 Å². The van der Waals surface area contributed by atoms with E-state index in [2.05, 4.69) is 20.7 Å². The first-order valence-corrected chi connectivity index (χ1v) is 4.43. The molecule has 7 nitrogen and oxygen atoms in total. The number of hydrogen-bond donors (Lipinski definition) is 1. The number of aromatic amines is 1. The molecule has 1 rings (SSSR count). The number of H-pyrrole nitrogens is 1. The number of nitrogens with one attached hydrogen (secondary N) is 1. The van der Waals surface area contributed by atoms with Gasteiger partial charge in [-0.05, 0) is 23.8 Å². The van der Waals surface area contributed by atoms with Crippen LogP contribution in [0, 0.1) is 0 Å². The second-order valence-electron chi connectivity index (χ2n) is 2.59. The Morgan fingerprint density at radius 2 is 2.43 bits per heavy atom. The molecular formula is C7H13N5O2. The Hall–Kier alpha value is -1.66. The third kappa shape index (κ3) is 2.68. The van der Waals surface area contributed by atoms with Gasteiger partial charge in [-0.1, -0.05) is 12.1 Å². The minimum absolute atomic E-state index is 0.311. The van der Waals surface area contributed by atoms with Gasteiger partial charge in [0.1, 0.15) is 6.61 Å². The Morgan fingerprint density at radius 1 is 1.64 bits per heavy atom. The molecule has 0 aliphatic heterocycles. The lowest BCUT2D eigenvalue weighted by molar-refractivity contribution is 0.157. The summed E-state index contributed by atoms with van der Waals surface area (Å²) < 4.78 is 1.20. The minimum atomic E-state index is -0.345. The molecule has 0 aromatic carbocycles. The van der Waals surface area contributed by atoms with Crippen molar-refractivity contribution in [2.24, 2.45) is 5.16 Å². The van der Waals surface area contributed by atoms with E-state index in [0.717, 1.165) is 5.71 Å². The third-order valence-corrected chi connectivity index (χ3v) is 1.60. The third-order valence-electron chi connectivity index (χ3n) is 1.60. The monoisotopic (exact) mass is 199 g/mol. The molecule has 0 bridgehead atoms. The van der Waals surface area contributed by atoms with Gasteiger partial charge in [0.25, 0.3) is 0 Å². The average molecular weight is 199 g/mol. The Morgan fingerprint density at radius 3 is 2.93 bits per heavy atom. The van der Waals surface area contributed by atoms with Gasteiger partial charge in [-0.2, -0.15) is 4.68 Å². The van der Waals surface area contributed by atoms with Crippen LogP contribution in [-0.4, -0.2) is 32.5 Å². The predicted molar refractivity (Wildman–Crippen MR) is 50.0 cm³/mol. The highest BCUT2D eigenvalue weighted by Gasteiger charge is 2.03. The first kappa shape index (κ1) is 10.4. The summed E-state index contributed by atoms with van der Waals surface area (Å²) in [6, 6.07) is 0. The van der Waals surface area contributed by atoms with E-state index >= 15 is 0 Å². The van der Waals surface area contributed by atoms with Crippen LogP contribution >= 0.6 is 0 Å². The molecular weight excluding hydrogens is 186 g/mol. The van der Waals surface area contributed by atoms with E-state index in [1.807, 2.05) is 13.8 Å². The van der Waals surface area contributed by atoms with Crippen LogP contribution in [0.5, 0.6) is 0 Å². The van der Waals surface area contributed by atoms with Crippen LogP contribution in [0.25, 0.3) is 0 Å². The standard InChI is InChI=1S/C7H13N5O2/c1-3-6(9-14-4-2)5-12-7(13)8-10-11-12/h3-5H2,1-2H3,(H,8,11,13). The summed E-state index contributed by atoms with van der Waals surface area (Å²) in [5.74, 6) is 0. The van der Waals surface area contributed by atoms with E-state index in [4.69, 9.17) is 4.84 Å². The van der Waals surface area contributed by atoms with Crippen molar-refractivity contribution in [2.75, 3.05) is 6.61 Å². The van der Waals surface area contributed by atoms with Crippen molar-refractivity contribution < 1.29 is 4.84 Å². The van der Waals surface area contributed by atoms with Crippen LogP contribution in [0.4, 0.5) is 0 Å². The molecule has 14 heavy (non-hydrogen) atoms. The highest BCUT2D eigenvalue weighted by atomic mass is 16.6. The van der Waals surface area contributed by atoms with Gasteiger partial charge in [-0.15, -0.1) is 0 Å². The number of rotatable bonds is 5. The molecule has 0 aliphatic carbocycles. The second-order valence-corrected chi connectivity index (χ2v) is 2.59. The zero-order chi connectivity index (χ0) is 10.4. The van der Waals surface area contributed by atoms with Gasteiger partial charge < -0.3 is 4.84 Å². The Labute approximate surface area is 80.7 Å². The van der Waals surface area contributed by atoms with Gasteiger partial charge in [-0.3, -0.25) is 0 Å². The molecule has 0 fully saturated rings. The SMILES string of the molecule is CCON=C(CC)Cn1nn[nH]c1=O. The Balaban J connectivity index is 2.66. The number of nitrogens with zero attached hydrogens (tertiary/aromatic N) is 4. The van der Waals surface area contributed by atoms with Crippen LogP contribution < -0.4 is 5.69 Å². The van der Waals surface area contributed by atoms with Crippen molar-refractivity contribution in [3.63, 3.8) is 0 Å². The summed E-state index contributed by atoms with van der Waals surface area (Å²) in [4.78, 5) is 15.9. The number of hydrogen-bond acceptors (Lipinski definition) is 5. The van der Waals surface area contributed by atoms with Crippen molar-refractivity contribution in [1.82, 2.24) is 20.2 Å². The maximum Gasteiger partial charge on any atom is 0.361 e. The zero-order valence-corrected chi connectivity index (χ0v) is 8.23. The summed E-state index contributed by atoms with van der Waals surface area (Å²) >= 11 is 0. The molecule has 0 atom stereocenters. The molecule has 1 N–H and O–H groups in total. The van der Waals surface area contributed by atoms with E-state index in [9.17, 15) is 4.79 Å². The fraction of sp³-hybridized carbons (Fsp3) is 0.714. The van der Waals surface area contributed by atoms with Crippen LogP contribution in [0.1, 0.15) is 20.3 Å². The van der Waals surface area contributed by atoms with Crippen LogP contribution in [0.3, 0.4) is 0 Å². The van der Waals surface area contributed by atoms with E-state index in [-0.39, 0.29) is 5.69 Å². The second kappa shape index (κ2) is 5.15. The van der Waals surface area contributed by atoms with Crippen LogP contribution in [0.15, 0.2) is 9.95 Å². The molecule has 7 heteroatoms. The molecule has 78 valence electrons. The fourth-order valence-corrected chi connectivity index (χ4v) is 0.855. The van der Waals surface area contributed by atoms with E-state index in [1.165, 1.54) is 4.68 Å². The summed E-state index contributed by atoms with van der Waals surface area (Å²) in [5, 5.41) is 13.0. The molecule has 0 amide bonds. The predicted octanol–water partition coefficient (Wildman–Crippen LogP) is -0.231. The highest BCUT2D eigenvalue weighted by Crippen LogP contribution is 1.90. The topological polar surface area (TPSA) is 85.2 Å². The molecule has 0 saturated carbocycles. The largest absolute Gasteiger partial charge is 0.396 e. The quantitative estimate of drug-likeness (QED) is 0.524. The first-order valence-electron chi connectivity index (χ1n) is 4.43. The molecule has 1 aromatic heterocycles. The fourth-order valence-electron chi connectivity index (χ4n) is 0.855. The molecule has 1 heterocycles. The first-order chi connectivity index (χ1) is 6.77. The van der Waals surface area contributed by atoms with Gasteiger partial charge >= 0.3 is 5.69 Å². The number of aromatic nitrogens is 4. The zero-order valence-electron chi connectivity index (χ0n) is 8.23. The molecule has 0 unspecified atom stereocenters. The normalized spacial score (nSPS) is 11.7. The maximum atomic E-state index is 11.0. The van der Waals surface area contributed by atoms with Gasteiger partial charge in [0.15, 0.2) is 0 Å². The van der Waals surface area contributed by atoms with Crippen molar-refractivity contribution >= 4 is 5.71 Å². The minimum Gasteiger partial charge on any atom is -0.396 e. The van der Waals surface area contributed by atoms with Crippen LogP contribution in [-0.2, 0) is 11.4 Å². The van der Waals surface area contributed by atoms with Gasteiger partial charge in [0, 0.05) is 0 Å². The van der Waals surface area contributed by atoms with Gasteiger partial charge in [0.2, 0.25) is 0 Å². The summed E-state index contributed by atoms with van der Waals surface area (Å²) in [5.41, 5.74) is 0.408. The molecule has 0 radical (unpaired) electrons. The highest BCUT2D eigenvalue weighted by molar-refractivity contribution is 5.83. The van der Waals surface area contributed by atoms with Crippen molar-refractivity contribution in [3.8, 4) is 0 Å². The Kier molecular flexibility index (Phi) is 3.84. The lowest BCUT2D eigenvalue weighted by atomic mass is 10.3. The van der Waals surface area contributed by atoms with Crippen molar-refractivity contribution in [3.05, 3.63) is 10.5 Å². The lowest BCUT2D eigenvalue weighted by Crippen LogP contribution is -2.22. The van der Waals surface area contributed by atoms with Crippen LogP contribution in [0.2, 0.25) is 0 Å². The molecule has 1 aromatic rings. The van der Waals surface area contributed by atoms with Crippen molar-refractivity contribution in [2.45, 2.75) is 26.8 Å². The van der Waals surface area contributed by atoms with E-state index in [1.54, 1.807) is 0 Å².